The molecule has 0 amide bonds. The van der Waals surface area contributed by atoms with E-state index in [1.807, 2.05) is 4.90 Å². The van der Waals surface area contributed by atoms with E-state index in [4.69, 9.17) is 32.4 Å². The first kappa shape index (κ1) is 20.2. The van der Waals surface area contributed by atoms with E-state index in [1.54, 1.807) is 12.1 Å². The Hall–Kier alpha value is -1.58. The van der Waals surface area contributed by atoms with Crippen LogP contribution in [0.1, 0.15) is 16.1 Å². The molecule has 3 rings (SSSR count). The van der Waals surface area contributed by atoms with E-state index in [0.29, 0.717) is 49.1 Å². The molecule has 0 bridgehead atoms. The molecule has 1 aromatic heterocycles. The lowest BCUT2D eigenvalue weighted by Gasteiger charge is -2.33. The van der Waals surface area contributed by atoms with E-state index >= 15 is 0 Å². The van der Waals surface area contributed by atoms with Crippen molar-refractivity contribution in [3.8, 4) is 0 Å². The van der Waals surface area contributed by atoms with Crippen molar-refractivity contribution in [2.75, 3.05) is 33.3 Å². The summed E-state index contributed by atoms with van der Waals surface area (Å²) in [5.74, 6) is 0.0339. The van der Waals surface area contributed by atoms with Crippen LogP contribution in [0.15, 0.2) is 39.8 Å². The van der Waals surface area contributed by atoms with Crippen molar-refractivity contribution < 1.29 is 22.4 Å². The highest BCUT2D eigenvalue weighted by Gasteiger charge is 2.31. The van der Waals surface area contributed by atoms with Crippen LogP contribution in [-0.4, -0.2) is 56.9 Å². The second-order valence-electron chi connectivity index (χ2n) is 6.00. The molecule has 7 nitrogen and oxygen atoms in total. The van der Waals surface area contributed by atoms with Gasteiger partial charge in [0.2, 0.25) is 10.0 Å². The highest BCUT2D eigenvalue weighted by Crippen LogP contribution is 2.28. The molecule has 0 atom stereocenters. The van der Waals surface area contributed by atoms with E-state index in [1.165, 1.54) is 29.8 Å². The molecule has 10 heteroatoms. The van der Waals surface area contributed by atoms with Crippen LogP contribution in [0.25, 0.3) is 0 Å². The van der Waals surface area contributed by atoms with Crippen molar-refractivity contribution in [2.45, 2.75) is 11.4 Å². The van der Waals surface area contributed by atoms with Crippen molar-refractivity contribution in [1.82, 2.24) is 9.21 Å². The number of methoxy groups -OCH3 is 1. The molecule has 27 heavy (non-hydrogen) atoms. The average Bonchev–Trinajstić information content (AvgIpc) is 3.11. The van der Waals surface area contributed by atoms with Crippen LogP contribution in [0.5, 0.6) is 0 Å². The predicted molar refractivity (Wildman–Crippen MR) is 101 cm³/mol. The maximum Gasteiger partial charge on any atom is 0.341 e. The van der Waals surface area contributed by atoms with Crippen molar-refractivity contribution in [3.05, 3.63) is 51.9 Å². The highest BCUT2D eigenvalue weighted by atomic mass is 35.5. The summed E-state index contributed by atoms with van der Waals surface area (Å²) in [5, 5.41) is 0.449. The normalized spacial score (nSPS) is 16.4. The summed E-state index contributed by atoms with van der Waals surface area (Å²) >= 11 is 12.0. The summed E-state index contributed by atoms with van der Waals surface area (Å²) in [4.78, 5) is 13.7. The van der Waals surface area contributed by atoms with Gasteiger partial charge in [0.05, 0.1) is 24.9 Å². The van der Waals surface area contributed by atoms with Gasteiger partial charge in [0.25, 0.3) is 0 Å². The molecule has 0 N–H and O–H groups in total. The van der Waals surface area contributed by atoms with Crippen LogP contribution in [0.3, 0.4) is 0 Å². The van der Waals surface area contributed by atoms with Gasteiger partial charge in [0, 0.05) is 31.2 Å². The van der Waals surface area contributed by atoms with Gasteiger partial charge in [-0.25, -0.2) is 13.2 Å². The summed E-state index contributed by atoms with van der Waals surface area (Å²) in [5.41, 5.74) is 0.373. The Kier molecular flexibility index (Phi) is 6.12. The van der Waals surface area contributed by atoms with E-state index < -0.39 is 16.0 Å². The SMILES string of the molecule is COC(=O)c1ccoc1CN1CCN(S(=O)(=O)c2cc(Cl)ccc2Cl)CC1. The molecular formula is C17H18Cl2N2O5S. The molecule has 1 aliphatic rings. The summed E-state index contributed by atoms with van der Waals surface area (Å²) in [6.45, 7) is 1.94. The molecule has 1 fully saturated rings. The molecule has 146 valence electrons. The molecule has 0 aliphatic carbocycles. The molecule has 1 aromatic carbocycles. The number of rotatable bonds is 5. The molecule has 1 saturated heterocycles. The number of benzene rings is 1. The number of hydrogen-bond acceptors (Lipinski definition) is 6. The maximum absolute atomic E-state index is 12.9. The van der Waals surface area contributed by atoms with Gasteiger partial charge in [0.15, 0.2) is 0 Å². The van der Waals surface area contributed by atoms with E-state index in [-0.39, 0.29) is 9.92 Å². The van der Waals surface area contributed by atoms with Gasteiger partial charge in [-0.1, -0.05) is 23.2 Å². The fourth-order valence-electron chi connectivity index (χ4n) is 2.90. The van der Waals surface area contributed by atoms with Crippen molar-refractivity contribution in [3.63, 3.8) is 0 Å². The third kappa shape index (κ3) is 4.30. The van der Waals surface area contributed by atoms with Crippen molar-refractivity contribution in [2.24, 2.45) is 0 Å². The fraction of sp³-hybridized carbons (Fsp3) is 0.353. The molecule has 0 spiro atoms. The molecule has 0 radical (unpaired) electrons. The van der Waals surface area contributed by atoms with Crippen molar-refractivity contribution in [1.29, 1.82) is 0 Å². The number of hydrogen-bond donors (Lipinski definition) is 0. The molecule has 0 unspecified atom stereocenters. The molecule has 0 saturated carbocycles. The monoisotopic (exact) mass is 432 g/mol. The lowest BCUT2D eigenvalue weighted by Crippen LogP contribution is -2.48. The highest BCUT2D eigenvalue weighted by molar-refractivity contribution is 7.89. The van der Waals surface area contributed by atoms with E-state index in [2.05, 4.69) is 0 Å². The zero-order valence-electron chi connectivity index (χ0n) is 14.5. The van der Waals surface area contributed by atoms with Gasteiger partial charge in [-0.2, -0.15) is 4.31 Å². The third-order valence-electron chi connectivity index (χ3n) is 4.36. The summed E-state index contributed by atoms with van der Waals surface area (Å²) in [7, 11) is -2.42. The second-order valence-corrected chi connectivity index (χ2v) is 8.75. The number of piperazine rings is 1. The van der Waals surface area contributed by atoms with Crippen LogP contribution < -0.4 is 0 Å². The number of furan rings is 1. The molecule has 2 aromatic rings. The number of ether oxygens (including phenoxy) is 1. The Morgan fingerprint density at radius 3 is 2.56 bits per heavy atom. The Bertz CT molecular complexity index is 937. The quantitative estimate of drug-likeness (QED) is 0.675. The van der Waals surface area contributed by atoms with Crippen molar-refractivity contribution >= 4 is 39.2 Å². The lowest BCUT2D eigenvalue weighted by molar-refractivity contribution is 0.0595. The Morgan fingerprint density at radius 2 is 1.89 bits per heavy atom. The lowest BCUT2D eigenvalue weighted by atomic mass is 10.2. The number of carbonyl (C=O) groups is 1. The summed E-state index contributed by atoms with van der Waals surface area (Å²) in [6, 6.07) is 5.93. The minimum Gasteiger partial charge on any atom is -0.467 e. The molecule has 2 heterocycles. The van der Waals surface area contributed by atoms with Crippen LogP contribution in [0, 0.1) is 0 Å². The number of carbonyl (C=O) groups excluding carboxylic acids is 1. The molecule has 1 aliphatic heterocycles. The first-order valence-electron chi connectivity index (χ1n) is 8.15. The summed E-state index contributed by atoms with van der Waals surface area (Å²) in [6.07, 6.45) is 1.43. The van der Waals surface area contributed by atoms with E-state index in [0.717, 1.165) is 0 Å². The third-order valence-corrected chi connectivity index (χ3v) is 6.98. The van der Waals surface area contributed by atoms with Crippen LogP contribution in [-0.2, 0) is 21.3 Å². The van der Waals surface area contributed by atoms with Crippen LogP contribution in [0.4, 0.5) is 0 Å². The standard InChI is InChI=1S/C17H18Cl2N2O5S/c1-25-17(22)13-4-9-26-15(13)11-20-5-7-21(8-6-20)27(23,24)16-10-12(18)2-3-14(16)19/h2-4,9-10H,5-8,11H2,1H3. The van der Waals surface area contributed by atoms with E-state index in [9.17, 15) is 13.2 Å². The van der Waals surface area contributed by atoms with Gasteiger partial charge in [-0.15, -0.1) is 0 Å². The Balaban J connectivity index is 1.68. The van der Waals surface area contributed by atoms with Crippen LogP contribution in [0.2, 0.25) is 10.0 Å². The topological polar surface area (TPSA) is 80.1 Å². The van der Waals surface area contributed by atoms with Gasteiger partial charge in [-0.05, 0) is 24.3 Å². The minimum absolute atomic E-state index is 0.00382. The summed E-state index contributed by atoms with van der Waals surface area (Å²) < 4.78 is 37.2. The van der Waals surface area contributed by atoms with Gasteiger partial charge in [-0.3, -0.25) is 4.90 Å². The maximum atomic E-state index is 12.9. The van der Waals surface area contributed by atoms with Gasteiger partial charge >= 0.3 is 5.97 Å². The largest absolute Gasteiger partial charge is 0.467 e. The van der Waals surface area contributed by atoms with Crippen LogP contribution >= 0.6 is 23.2 Å². The van der Waals surface area contributed by atoms with Gasteiger partial charge < -0.3 is 9.15 Å². The first-order valence-corrected chi connectivity index (χ1v) is 10.3. The zero-order chi connectivity index (χ0) is 19.6. The number of esters is 1. The molecular weight excluding hydrogens is 415 g/mol. The average molecular weight is 433 g/mol. The number of sulfonamides is 1. The Labute approximate surface area is 167 Å². The number of halogens is 2. The zero-order valence-corrected chi connectivity index (χ0v) is 16.9. The number of nitrogens with zero attached hydrogens (tertiary/aromatic N) is 2. The smallest absolute Gasteiger partial charge is 0.341 e. The minimum atomic E-state index is -3.73. The predicted octanol–water partition coefficient (Wildman–Crippen LogP) is 2.88. The Morgan fingerprint density at radius 1 is 1.19 bits per heavy atom. The fourth-order valence-corrected chi connectivity index (χ4v) is 5.06. The second kappa shape index (κ2) is 8.20. The first-order chi connectivity index (χ1) is 12.8. The van der Waals surface area contributed by atoms with Gasteiger partial charge in [0.1, 0.15) is 16.2 Å².